The van der Waals surface area contributed by atoms with Crippen LogP contribution < -0.4 is 16.4 Å². The zero-order valence-electron chi connectivity index (χ0n) is 14.6. The fourth-order valence-electron chi connectivity index (χ4n) is 4.25. The molecular formula is C22H16BNO2. The first kappa shape index (κ1) is 15.1. The van der Waals surface area contributed by atoms with Gasteiger partial charge in [0, 0.05) is 28.9 Å². The van der Waals surface area contributed by atoms with Gasteiger partial charge in [-0.2, -0.15) is 0 Å². The van der Waals surface area contributed by atoms with Crippen molar-refractivity contribution in [3.8, 4) is 0 Å². The van der Waals surface area contributed by atoms with Gasteiger partial charge in [-0.05, 0) is 18.2 Å². The molecule has 3 aromatic carbocycles. The number of benzene rings is 3. The topological polar surface area (TPSA) is 39.1 Å². The summed E-state index contributed by atoms with van der Waals surface area (Å²) >= 11 is 0. The van der Waals surface area contributed by atoms with Crippen molar-refractivity contribution in [1.29, 1.82) is 0 Å². The van der Waals surface area contributed by atoms with E-state index < -0.39 is 0 Å². The Balaban J connectivity index is 1.93. The van der Waals surface area contributed by atoms with E-state index in [1.165, 1.54) is 0 Å². The third-order valence-electron chi connectivity index (χ3n) is 5.67. The molecule has 0 bridgehead atoms. The van der Waals surface area contributed by atoms with Crippen LogP contribution in [0.5, 0.6) is 0 Å². The van der Waals surface area contributed by atoms with Crippen molar-refractivity contribution in [2.45, 2.75) is 6.82 Å². The van der Waals surface area contributed by atoms with Gasteiger partial charge in [0.1, 0.15) is 0 Å². The molecule has 1 aliphatic heterocycles. The Hall–Kier alpha value is -3.14. The summed E-state index contributed by atoms with van der Waals surface area (Å²) in [5.74, 6) is 0.0382. The van der Waals surface area contributed by atoms with E-state index in [1.807, 2.05) is 72.3 Å². The van der Waals surface area contributed by atoms with E-state index in [0.717, 1.165) is 27.5 Å². The molecule has 1 aliphatic rings. The van der Waals surface area contributed by atoms with Gasteiger partial charge in [0.2, 0.25) is 6.71 Å². The molecule has 0 N–H and O–H groups in total. The van der Waals surface area contributed by atoms with Gasteiger partial charge >= 0.3 is 0 Å². The van der Waals surface area contributed by atoms with Crippen LogP contribution in [0.25, 0.3) is 21.8 Å². The maximum Gasteiger partial charge on any atom is 0.208 e. The van der Waals surface area contributed by atoms with Crippen molar-refractivity contribution in [3.63, 3.8) is 0 Å². The normalized spacial score (nSPS) is 13.2. The molecule has 0 saturated carbocycles. The van der Waals surface area contributed by atoms with Crippen LogP contribution in [-0.2, 0) is 7.05 Å². The fraction of sp³-hybridized carbons (Fsp3) is 0.0909. The monoisotopic (exact) mass is 337 g/mol. The van der Waals surface area contributed by atoms with E-state index in [9.17, 15) is 9.59 Å². The molecule has 2 heterocycles. The second-order valence-corrected chi connectivity index (χ2v) is 7.00. The van der Waals surface area contributed by atoms with Gasteiger partial charge in [0.25, 0.3) is 0 Å². The number of aromatic nitrogens is 1. The second-order valence-electron chi connectivity index (χ2n) is 7.00. The number of hydrogen-bond donors (Lipinski definition) is 0. The minimum atomic E-state index is 0.0232. The zero-order valence-corrected chi connectivity index (χ0v) is 14.6. The highest BCUT2D eigenvalue weighted by molar-refractivity contribution is 6.87. The Morgan fingerprint density at radius 1 is 0.769 bits per heavy atom. The molecule has 0 saturated heterocycles. The highest BCUT2D eigenvalue weighted by Gasteiger charge is 2.31. The molecule has 124 valence electrons. The lowest BCUT2D eigenvalue weighted by molar-refractivity contribution is 0.104. The Bertz CT molecular complexity index is 1300. The molecule has 3 nitrogen and oxygen atoms in total. The largest absolute Gasteiger partial charge is 0.343 e. The molecule has 4 heteroatoms. The van der Waals surface area contributed by atoms with E-state index in [0.29, 0.717) is 16.3 Å². The van der Waals surface area contributed by atoms with Gasteiger partial charge in [-0.1, -0.05) is 60.2 Å². The van der Waals surface area contributed by atoms with Gasteiger partial charge in [0.05, 0.1) is 11.0 Å². The minimum absolute atomic E-state index is 0.0232. The van der Waals surface area contributed by atoms with Crippen molar-refractivity contribution >= 4 is 45.2 Å². The van der Waals surface area contributed by atoms with Gasteiger partial charge < -0.3 is 4.57 Å². The Kier molecular flexibility index (Phi) is 3.02. The quantitative estimate of drug-likeness (QED) is 0.365. The number of para-hydroxylation sites is 1. The lowest BCUT2D eigenvalue weighted by Crippen LogP contribution is -2.49. The molecule has 0 fully saturated rings. The lowest BCUT2D eigenvalue weighted by atomic mass is 9.38. The average Bonchev–Trinajstić information content (AvgIpc) is 2.69. The summed E-state index contributed by atoms with van der Waals surface area (Å²) in [5.41, 5.74) is 5.13. The molecule has 5 rings (SSSR count). The van der Waals surface area contributed by atoms with Gasteiger partial charge in [0.15, 0.2) is 11.2 Å². The first-order chi connectivity index (χ1) is 12.6. The molecule has 0 radical (unpaired) electrons. The fourth-order valence-corrected chi connectivity index (χ4v) is 4.25. The summed E-state index contributed by atoms with van der Waals surface area (Å²) < 4.78 is 2.00. The molecular weight excluding hydrogens is 321 g/mol. The summed E-state index contributed by atoms with van der Waals surface area (Å²) in [5, 5.41) is 1.38. The number of ketones is 1. The van der Waals surface area contributed by atoms with E-state index in [1.54, 1.807) is 0 Å². The van der Waals surface area contributed by atoms with Crippen molar-refractivity contribution in [2.24, 2.45) is 7.05 Å². The van der Waals surface area contributed by atoms with Crippen molar-refractivity contribution in [3.05, 3.63) is 82.0 Å². The second kappa shape index (κ2) is 5.18. The van der Waals surface area contributed by atoms with E-state index in [-0.39, 0.29) is 17.9 Å². The first-order valence-electron chi connectivity index (χ1n) is 8.77. The van der Waals surface area contributed by atoms with Crippen molar-refractivity contribution in [2.75, 3.05) is 0 Å². The van der Waals surface area contributed by atoms with Crippen LogP contribution in [0.3, 0.4) is 0 Å². The SMILES string of the molecule is CB1c2ccccc2C(=O)c2cc3c(cc21)c(=O)c1ccccc1n3C. The summed E-state index contributed by atoms with van der Waals surface area (Å²) in [6.45, 7) is 2.18. The third kappa shape index (κ3) is 1.84. The maximum absolute atomic E-state index is 13.1. The summed E-state index contributed by atoms with van der Waals surface area (Å²) in [7, 11) is 1.95. The Labute approximate surface area is 151 Å². The van der Waals surface area contributed by atoms with Crippen molar-refractivity contribution in [1.82, 2.24) is 4.57 Å². The predicted octanol–water partition coefficient (Wildman–Crippen LogP) is 2.47. The van der Waals surface area contributed by atoms with Gasteiger partial charge in [-0.3, -0.25) is 9.59 Å². The van der Waals surface area contributed by atoms with Crippen molar-refractivity contribution < 1.29 is 4.79 Å². The summed E-state index contributed by atoms with van der Waals surface area (Å²) in [6, 6.07) is 19.2. The number of nitrogens with zero attached hydrogens (tertiary/aromatic N) is 1. The molecule has 0 aliphatic carbocycles. The van der Waals surface area contributed by atoms with Crippen LogP contribution in [0.4, 0.5) is 0 Å². The molecule has 0 amide bonds. The summed E-state index contributed by atoms with van der Waals surface area (Å²) in [4.78, 5) is 26.1. The number of hydrogen-bond acceptors (Lipinski definition) is 2. The van der Waals surface area contributed by atoms with E-state index in [2.05, 4.69) is 6.82 Å². The number of carbonyl (C=O) groups excluding carboxylic acids is 1. The minimum Gasteiger partial charge on any atom is -0.343 e. The standard InChI is InChI=1S/C22H16BNO2/c1-23-17-9-5-3-7-13(17)21(25)15-12-20-16(11-18(15)23)22(26)14-8-4-6-10-19(14)24(20)2/h3-12H,1-2H3. The highest BCUT2D eigenvalue weighted by atomic mass is 16.1. The smallest absolute Gasteiger partial charge is 0.208 e. The van der Waals surface area contributed by atoms with Crippen LogP contribution in [0, 0.1) is 0 Å². The number of rotatable bonds is 0. The Morgan fingerprint density at radius 2 is 1.50 bits per heavy atom. The zero-order chi connectivity index (χ0) is 18.0. The van der Waals surface area contributed by atoms with Gasteiger partial charge in [-0.15, -0.1) is 0 Å². The van der Waals surface area contributed by atoms with Crippen LogP contribution in [0.15, 0.2) is 65.5 Å². The van der Waals surface area contributed by atoms with E-state index >= 15 is 0 Å². The van der Waals surface area contributed by atoms with Crippen LogP contribution in [-0.4, -0.2) is 17.1 Å². The number of carbonyl (C=O) groups is 1. The number of pyridine rings is 1. The summed E-state index contributed by atoms with van der Waals surface area (Å²) in [6.07, 6.45) is 0. The first-order valence-corrected chi connectivity index (χ1v) is 8.77. The molecule has 1 aromatic heterocycles. The molecule has 4 aromatic rings. The lowest BCUT2D eigenvalue weighted by Gasteiger charge is -2.24. The maximum atomic E-state index is 13.1. The predicted molar refractivity (Wildman–Crippen MR) is 107 cm³/mol. The number of fused-ring (bicyclic) bond motifs is 4. The molecule has 0 spiro atoms. The van der Waals surface area contributed by atoms with E-state index in [4.69, 9.17) is 0 Å². The molecule has 0 atom stereocenters. The number of aryl methyl sites for hydroxylation is 1. The van der Waals surface area contributed by atoms with Crippen LogP contribution >= 0.6 is 0 Å². The average molecular weight is 337 g/mol. The Morgan fingerprint density at radius 3 is 2.35 bits per heavy atom. The molecule has 0 unspecified atom stereocenters. The van der Waals surface area contributed by atoms with Gasteiger partial charge in [-0.25, -0.2) is 0 Å². The third-order valence-corrected chi connectivity index (χ3v) is 5.67. The molecule has 26 heavy (non-hydrogen) atoms. The van der Waals surface area contributed by atoms with Crippen LogP contribution in [0.2, 0.25) is 6.82 Å². The highest BCUT2D eigenvalue weighted by Crippen LogP contribution is 2.22. The van der Waals surface area contributed by atoms with Crippen LogP contribution in [0.1, 0.15) is 15.9 Å².